The van der Waals surface area contributed by atoms with Gasteiger partial charge in [0.05, 0.1) is 28.6 Å². The molecule has 0 fully saturated rings. The molecule has 0 aliphatic rings. The summed E-state index contributed by atoms with van der Waals surface area (Å²) in [7, 11) is 1.57. The molecule has 2 aromatic rings. The molecule has 0 heterocycles. The predicted octanol–water partition coefficient (Wildman–Crippen LogP) is 4.12. The molecule has 0 aromatic heterocycles. The van der Waals surface area contributed by atoms with Crippen LogP contribution in [0, 0.1) is 3.57 Å². The minimum atomic E-state index is -0.766. The number of amides is 2. The van der Waals surface area contributed by atoms with E-state index in [1.165, 1.54) is 6.21 Å². The second-order valence-electron chi connectivity index (χ2n) is 6.61. The zero-order valence-corrected chi connectivity index (χ0v) is 20.8. The van der Waals surface area contributed by atoms with Gasteiger partial charge in [-0.15, -0.1) is 0 Å². The second kappa shape index (κ2) is 11.3. The first-order chi connectivity index (χ1) is 14.2. The van der Waals surface area contributed by atoms with E-state index in [0.717, 1.165) is 9.13 Å². The lowest BCUT2D eigenvalue weighted by Gasteiger charge is -2.16. The molecule has 7 nitrogen and oxygen atoms in total. The van der Waals surface area contributed by atoms with E-state index in [4.69, 9.17) is 9.47 Å². The number of hydrogen-bond donors (Lipinski definition) is 2. The predicted molar refractivity (Wildman–Crippen MR) is 128 cm³/mol. The summed E-state index contributed by atoms with van der Waals surface area (Å²) in [5.41, 5.74) is 3.62. The van der Waals surface area contributed by atoms with E-state index in [1.54, 1.807) is 38.3 Å². The molecule has 0 bridgehead atoms. The first-order valence-electron chi connectivity index (χ1n) is 9.15. The molecule has 1 atom stereocenters. The second-order valence-corrected chi connectivity index (χ2v) is 8.63. The van der Waals surface area contributed by atoms with E-state index in [0.29, 0.717) is 21.5 Å². The largest absolute Gasteiger partial charge is 0.493 e. The summed E-state index contributed by atoms with van der Waals surface area (Å²) >= 11 is 5.48. The smallest absolute Gasteiger partial charge is 0.262 e. The van der Waals surface area contributed by atoms with Gasteiger partial charge in [-0.05, 0) is 89.1 Å². The van der Waals surface area contributed by atoms with Gasteiger partial charge in [0, 0.05) is 4.47 Å². The molecular formula is C21H23BrIN3O4. The Morgan fingerprint density at radius 2 is 1.90 bits per heavy atom. The summed E-state index contributed by atoms with van der Waals surface area (Å²) < 4.78 is 12.7. The van der Waals surface area contributed by atoms with Crippen LogP contribution in [0.5, 0.6) is 11.5 Å². The van der Waals surface area contributed by atoms with Crippen molar-refractivity contribution >= 4 is 56.5 Å². The number of halogens is 2. The van der Waals surface area contributed by atoms with Crippen molar-refractivity contribution in [2.24, 2.45) is 5.10 Å². The molecule has 1 unspecified atom stereocenters. The highest BCUT2D eigenvalue weighted by atomic mass is 127. The maximum Gasteiger partial charge on any atom is 0.262 e. The third-order valence-corrected chi connectivity index (χ3v) is 5.35. The van der Waals surface area contributed by atoms with E-state index in [2.05, 4.69) is 54.4 Å². The van der Waals surface area contributed by atoms with Crippen LogP contribution < -0.4 is 20.2 Å². The number of benzene rings is 2. The van der Waals surface area contributed by atoms with Crippen LogP contribution in [0.25, 0.3) is 0 Å². The van der Waals surface area contributed by atoms with Crippen molar-refractivity contribution in [2.45, 2.75) is 32.9 Å². The fraction of sp³-hybridized carbons (Fsp3) is 0.286. The van der Waals surface area contributed by atoms with Gasteiger partial charge < -0.3 is 14.8 Å². The van der Waals surface area contributed by atoms with Crippen LogP contribution in [0.3, 0.4) is 0 Å². The van der Waals surface area contributed by atoms with Crippen molar-refractivity contribution in [3.05, 3.63) is 55.6 Å². The van der Waals surface area contributed by atoms with Crippen LogP contribution in [-0.2, 0) is 4.79 Å². The van der Waals surface area contributed by atoms with Gasteiger partial charge >= 0.3 is 0 Å². The van der Waals surface area contributed by atoms with E-state index in [9.17, 15) is 9.59 Å². The molecular weight excluding hydrogens is 565 g/mol. The van der Waals surface area contributed by atoms with E-state index in [-0.39, 0.29) is 12.0 Å². The number of carbonyl (C=O) groups excluding carboxylic acids is 2. The van der Waals surface area contributed by atoms with Gasteiger partial charge in [0.15, 0.2) is 11.5 Å². The fourth-order valence-corrected chi connectivity index (χ4v) is 3.63. The van der Waals surface area contributed by atoms with Gasteiger partial charge in [0.25, 0.3) is 11.8 Å². The number of carbonyl (C=O) groups is 2. The van der Waals surface area contributed by atoms with Crippen LogP contribution >= 0.6 is 38.5 Å². The summed E-state index contributed by atoms with van der Waals surface area (Å²) in [5, 5.41) is 6.63. The Bertz CT molecular complexity index is 950. The Morgan fingerprint density at radius 3 is 2.53 bits per heavy atom. The highest BCUT2D eigenvalue weighted by Crippen LogP contribution is 2.34. The van der Waals surface area contributed by atoms with Gasteiger partial charge in [-0.1, -0.05) is 12.1 Å². The van der Waals surface area contributed by atoms with Gasteiger partial charge in [-0.2, -0.15) is 5.10 Å². The van der Waals surface area contributed by atoms with E-state index < -0.39 is 11.9 Å². The Hall–Kier alpha value is -2.14. The Balaban J connectivity index is 2.00. The third kappa shape index (κ3) is 6.69. The Labute approximate surface area is 197 Å². The minimum absolute atomic E-state index is 0.0134. The van der Waals surface area contributed by atoms with Crippen LogP contribution in [0.1, 0.15) is 36.7 Å². The van der Waals surface area contributed by atoms with Gasteiger partial charge in [-0.3, -0.25) is 9.59 Å². The Kier molecular flexibility index (Phi) is 9.09. The number of methoxy groups -OCH3 is 1. The zero-order chi connectivity index (χ0) is 22.3. The normalized spacial score (nSPS) is 12.0. The lowest BCUT2D eigenvalue weighted by atomic mass is 10.2. The summed E-state index contributed by atoms with van der Waals surface area (Å²) in [6.07, 6.45) is 1.52. The van der Waals surface area contributed by atoms with Gasteiger partial charge in [-0.25, -0.2) is 5.43 Å². The lowest BCUT2D eigenvalue weighted by molar-refractivity contribution is -0.122. The van der Waals surface area contributed by atoms with Crippen molar-refractivity contribution in [3.63, 3.8) is 0 Å². The molecule has 9 heteroatoms. The summed E-state index contributed by atoms with van der Waals surface area (Å²) in [4.78, 5) is 24.6. The van der Waals surface area contributed by atoms with Crippen LogP contribution in [-0.4, -0.2) is 37.3 Å². The monoisotopic (exact) mass is 587 g/mol. The van der Waals surface area contributed by atoms with Crippen molar-refractivity contribution in [1.82, 2.24) is 10.7 Å². The topological polar surface area (TPSA) is 89.0 Å². The molecule has 2 rings (SSSR count). The molecule has 0 spiro atoms. The van der Waals surface area contributed by atoms with Crippen LogP contribution in [0.2, 0.25) is 0 Å². The van der Waals surface area contributed by atoms with E-state index >= 15 is 0 Å². The van der Waals surface area contributed by atoms with Crippen LogP contribution in [0.15, 0.2) is 46.0 Å². The Morgan fingerprint density at radius 1 is 1.20 bits per heavy atom. The van der Waals surface area contributed by atoms with Crippen molar-refractivity contribution in [2.75, 3.05) is 7.11 Å². The molecule has 0 saturated heterocycles. The first kappa shape index (κ1) is 24.1. The molecule has 0 aliphatic carbocycles. The van der Waals surface area contributed by atoms with Crippen LogP contribution in [0.4, 0.5) is 0 Å². The maximum absolute atomic E-state index is 12.3. The number of ether oxygens (including phenoxy) is 2. The molecule has 2 amide bonds. The number of hydrogen-bond acceptors (Lipinski definition) is 5. The SMILES string of the molecule is COc1cc(C=NNC(=O)C(C)NC(=O)c2ccccc2Br)cc(I)c1OC(C)C. The van der Waals surface area contributed by atoms with Crippen molar-refractivity contribution in [1.29, 1.82) is 0 Å². The zero-order valence-electron chi connectivity index (χ0n) is 17.0. The van der Waals surface area contributed by atoms with Gasteiger partial charge in [0.1, 0.15) is 6.04 Å². The molecule has 2 N–H and O–H groups in total. The average molecular weight is 588 g/mol. The standard InChI is InChI=1S/C21H23BrIN3O4/c1-12(2)30-19-17(23)9-14(10-18(19)29-4)11-24-26-20(27)13(3)25-21(28)15-7-5-6-8-16(15)22/h5-13H,1-4H3,(H,25,28)(H,26,27). The summed E-state index contributed by atoms with van der Waals surface area (Å²) in [6, 6.07) is 9.87. The average Bonchev–Trinajstić information content (AvgIpc) is 2.69. The van der Waals surface area contributed by atoms with Crippen molar-refractivity contribution < 1.29 is 19.1 Å². The molecule has 0 aliphatic heterocycles. The summed E-state index contributed by atoms with van der Waals surface area (Å²) in [5.74, 6) is 0.456. The molecule has 2 aromatic carbocycles. The highest BCUT2D eigenvalue weighted by Gasteiger charge is 2.18. The number of rotatable bonds is 8. The molecule has 30 heavy (non-hydrogen) atoms. The molecule has 0 radical (unpaired) electrons. The first-order valence-corrected chi connectivity index (χ1v) is 11.0. The number of nitrogens with one attached hydrogen (secondary N) is 2. The lowest BCUT2D eigenvalue weighted by Crippen LogP contribution is -2.43. The van der Waals surface area contributed by atoms with Crippen molar-refractivity contribution in [3.8, 4) is 11.5 Å². The number of nitrogens with zero attached hydrogens (tertiary/aromatic N) is 1. The third-order valence-electron chi connectivity index (χ3n) is 3.85. The fourth-order valence-electron chi connectivity index (χ4n) is 2.42. The molecule has 160 valence electrons. The highest BCUT2D eigenvalue weighted by molar-refractivity contribution is 14.1. The number of hydrazone groups is 1. The quantitative estimate of drug-likeness (QED) is 0.276. The molecule has 0 saturated carbocycles. The summed E-state index contributed by atoms with van der Waals surface area (Å²) in [6.45, 7) is 5.47. The van der Waals surface area contributed by atoms with E-state index in [1.807, 2.05) is 26.0 Å². The minimum Gasteiger partial charge on any atom is -0.493 e. The van der Waals surface area contributed by atoms with Gasteiger partial charge in [0.2, 0.25) is 0 Å². The maximum atomic E-state index is 12.3.